The van der Waals surface area contributed by atoms with E-state index in [9.17, 15) is 9.59 Å². The lowest BCUT2D eigenvalue weighted by molar-refractivity contribution is -0.149. The fourth-order valence-corrected chi connectivity index (χ4v) is 5.58. The molecule has 3 aliphatic heterocycles. The van der Waals surface area contributed by atoms with E-state index in [1.807, 2.05) is 12.1 Å². The molecule has 1 aromatic heterocycles. The summed E-state index contributed by atoms with van der Waals surface area (Å²) < 4.78 is 0. The first-order chi connectivity index (χ1) is 13.5. The molecular weight excluding hydrogens is 352 g/mol. The Labute approximate surface area is 167 Å². The van der Waals surface area contributed by atoms with Gasteiger partial charge in [0.05, 0.1) is 0 Å². The molecule has 0 aliphatic carbocycles. The maximum Gasteiger partial charge on any atom is 0.272 e. The molecule has 6 nitrogen and oxygen atoms in total. The average molecular weight is 385 g/mol. The average Bonchev–Trinajstić information content (AvgIpc) is 2.70. The van der Waals surface area contributed by atoms with Gasteiger partial charge in [0.25, 0.3) is 5.91 Å². The van der Waals surface area contributed by atoms with Gasteiger partial charge in [0, 0.05) is 45.7 Å². The lowest BCUT2D eigenvalue weighted by atomic mass is 9.71. The highest BCUT2D eigenvalue weighted by Crippen LogP contribution is 2.43. The predicted octanol–water partition coefficient (Wildman–Crippen LogP) is 2.79. The van der Waals surface area contributed by atoms with Crippen LogP contribution in [0.2, 0.25) is 0 Å². The lowest BCUT2D eigenvalue weighted by Gasteiger charge is -2.57. The molecule has 3 saturated heterocycles. The van der Waals surface area contributed by atoms with Gasteiger partial charge in [-0.1, -0.05) is 19.4 Å². The molecule has 6 heteroatoms. The third-order valence-corrected chi connectivity index (χ3v) is 6.76. The monoisotopic (exact) mass is 384 g/mol. The van der Waals surface area contributed by atoms with Gasteiger partial charge >= 0.3 is 0 Å². The normalized spacial score (nSPS) is 29.5. The SMILES string of the molecule is CCC[C@H]1[C@H]2C[C@H](CN(c3cccc(C(=O)N(C)C)n3)C2)[C@@H]2CCCC(=O)N21. The van der Waals surface area contributed by atoms with Crippen LogP contribution >= 0.6 is 0 Å². The van der Waals surface area contributed by atoms with Gasteiger partial charge in [0.2, 0.25) is 5.91 Å². The molecule has 3 aliphatic rings. The minimum absolute atomic E-state index is 0.0630. The van der Waals surface area contributed by atoms with Crippen molar-refractivity contribution in [3.63, 3.8) is 0 Å². The Hall–Kier alpha value is -2.11. The molecule has 0 aromatic carbocycles. The molecule has 1 aromatic rings. The summed E-state index contributed by atoms with van der Waals surface area (Å²) in [6, 6.07) is 6.48. The van der Waals surface area contributed by atoms with Crippen molar-refractivity contribution in [2.75, 3.05) is 32.1 Å². The first-order valence-electron chi connectivity index (χ1n) is 10.7. The number of amides is 2. The summed E-state index contributed by atoms with van der Waals surface area (Å²) in [6.07, 6.45) is 6.27. The van der Waals surface area contributed by atoms with Crippen LogP contribution in [-0.2, 0) is 4.79 Å². The third kappa shape index (κ3) is 3.38. The van der Waals surface area contributed by atoms with Crippen LogP contribution in [0.4, 0.5) is 5.82 Å². The van der Waals surface area contributed by atoms with Crippen molar-refractivity contribution in [1.29, 1.82) is 0 Å². The van der Waals surface area contributed by atoms with Gasteiger partial charge in [0.15, 0.2) is 0 Å². The van der Waals surface area contributed by atoms with Crippen LogP contribution < -0.4 is 4.90 Å². The summed E-state index contributed by atoms with van der Waals surface area (Å²) in [5, 5.41) is 0. The third-order valence-electron chi connectivity index (χ3n) is 6.76. The Kier molecular flexibility index (Phi) is 5.30. The van der Waals surface area contributed by atoms with Crippen LogP contribution in [-0.4, -0.2) is 65.9 Å². The number of fused-ring (bicyclic) bond motifs is 4. The molecular formula is C22H32N4O2. The molecule has 28 heavy (non-hydrogen) atoms. The predicted molar refractivity (Wildman–Crippen MR) is 109 cm³/mol. The van der Waals surface area contributed by atoms with Crippen LogP contribution in [0.3, 0.4) is 0 Å². The number of hydrogen-bond acceptors (Lipinski definition) is 4. The number of rotatable bonds is 4. The second-order valence-electron chi connectivity index (χ2n) is 8.86. The van der Waals surface area contributed by atoms with E-state index in [2.05, 4.69) is 21.7 Å². The standard InChI is InChI=1S/C22H32N4O2/c1-4-7-18-15-12-16(19-9-6-11-21(27)26(18)19)14-25(13-15)20-10-5-8-17(23-20)22(28)24(2)3/h5,8,10,15-16,18-19H,4,6-7,9,11-14H2,1-3H3/t15-,16+,18-,19-/m0/s1. The van der Waals surface area contributed by atoms with Crippen molar-refractivity contribution in [3.8, 4) is 0 Å². The Morgan fingerprint density at radius 2 is 2.04 bits per heavy atom. The van der Waals surface area contributed by atoms with Gasteiger partial charge in [0.1, 0.15) is 11.5 Å². The first-order valence-corrected chi connectivity index (χ1v) is 10.7. The number of carbonyl (C=O) groups is 2. The van der Waals surface area contributed by atoms with Gasteiger partial charge < -0.3 is 14.7 Å². The Morgan fingerprint density at radius 1 is 1.25 bits per heavy atom. The molecule has 4 heterocycles. The zero-order valence-electron chi connectivity index (χ0n) is 17.3. The minimum Gasteiger partial charge on any atom is -0.356 e. The highest BCUT2D eigenvalue weighted by molar-refractivity contribution is 5.92. The van der Waals surface area contributed by atoms with E-state index in [-0.39, 0.29) is 5.91 Å². The zero-order valence-corrected chi connectivity index (χ0v) is 17.3. The number of carbonyl (C=O) groups excluding carboxylic acids is 2. The van der Waals surface area contributed by atoms with Gasteiger partial charge in [-0.05, 0) is 49.7 Å². The minimum atomic E-state index is -0.0630. The van der Waals surface area contributed by atoms with Gasteiger partial charge in [-0.15, -0.1) is 0 Å². The molecule has 3 fully saturated rings. The Bertz CT molecular complexity index is 750. The Balaban J connectivity index is 1.61. The van der Waals surface area contributed by atoms with Crippen molar-refractivity contribution in [2.24, 2.45) is 11.8 Å². The van der Waals surface area contributed by atoms with E-state index in [4.69, 9.17) is 0 Å². The number of piperidine rings is 3. The summed E-state index contributed by atoms with van der Waals surface area (Å²) in [7, 11) is 3.51. The number of anilines is 1. The van der Waals surface area contributed by atoms with Crippen molar-refractivity contribution >= 4 is 17.6 Å². The lowest BCUT2D eigenvalue weighted by Crippen LogP contribution is -2.65. The van der Waals surface area contributed by atoms with Crippen LogP contribution in [0.5, 0.6) is 0 Å². The quantitative estimate of drug-likeness (QED) is 0.801. The van der Waals surface area contributed by atoms with E-state index in [0.29, 0.717) is 35.5 Å². The number of hydrogen-bond donors (Lipinski definition) is 0. The van der Waals surface area contributed by atoms with Crippen molar-refractivity contribution in [3.05, 3.63) is 23.9 Å². The van der Waals surface area contributed by atoms with Crippen molar-refractivity contribution in [2.45, 2.75) is 57.5 Å². The van der Waals surface area contributed by atoms with E-state index in [1.165, 1.54) is 6.42 Å². The number of nitrogens with zero attached hydrogens (tertiary/aromatic N) is 4. The molecule has 0 unspecified atom stereocenters. The summed E-state index contributed by atoms with van der Waals surface area (Å²) in [4.78, 5) is 36.0. The molecule has 152 valence electrons. The fraction of sp³-hybridized carbons (Fsp3) is 0.682. The van der Waals surface area contributed by atoms with Crippen LogP contribution in [0.25, 0.3) is 0 Å². The smallest absolute Gasteiger partial charge is 0.272 e. The molecule has 2 bridgehead atoms. The van der Waals surface area contributed by atoms with Crippen LogP contribution in [0.15, 0.2) is 18.2 Å². The van der Waals surface area contributed by atoms with E-state index < -0.39 is 0 Å². The van der Waals surface area contributed by atoms with E-state index in [0.717, 1.165) is 51.0 Å². The summed E-state index contributed by atoms with van der Waals surface area (Å²) in [5.41, 5.74) is 0.498. The number of aromatic nitrogens is 1. The molecule has 0 spiro atoms. The zero-order chi connectivity index (χ0) is 19.8. The summed E-state index contributed by atoms with van der Waals surface area (Å²) in [6.45, 7) is 4.06. The summed E-state index contributed by atoms with van der Waals surface area (Å²) >= 11 is 0. The van der Waals surface area contributed by atoms with Gasteiger partial charge in [-0.3, -0.25) is 9.59 Å². The van der Waals surface area contributed by atoms with Crippen molar-refractivity contribution in [1.82, 2.24) is 14.8 Å². The molecule has 2 amide bonds. The molecule has 4 rings (SSSR count). The van der Waals surface area contributed by atoms with Gasteiger partial charge in [-0.25, -0.2) is 4.98 Å². The molecule has 0 radical (unpaired) electrons. The van der Waals surface area contributed by atoms with E-state index >= 15 is 0 Å². The fourth-order valence-electron chi connectivity index (χ4n) is 5.58. The molecule has 0 saturated carbocycles. The molecule has 0 N–H and O–H groups in total. The van der Waals surface area contributed by atoms with Crippen molar-refractivity contribution < 1.29 is 9.59 Å². The maximum absolute atomic E-state index is 12.7. The summed E-state index contributed by atoms with van der Waals surface area (Å²) in [5.74, 6) is 2.20. The maximum atomic E-state index is 12.7. The van der Waals surface area contributed by atoms with Gasteiger partial charge in [-0.2, -0.15) is 0 Å². The highest BCUT2D eigenvalue weighted by atomic mass is 16.2. The topological polar surface area (TPSA) is 56.8 Å². The molecule has 4 atom stereocenters. The Morgan fingerprint density at radius 3 is 2.79 bits per heavy atom. The van der Waals surface area contributed by atoms with E-state index in [1.54, 1.807) is 25.1 Å². The second kappa shape index (κ2) is 7.72. The van der Waals surface area contributed by atoms with Crippen LogP contribution in [0, 0.1) is 11.8 Å². The first kappa shape index (κ1) is 19.2. The highest BCUT2D eigenvalue weighted by Gasteiger charge is 2.49. The largest absolute Gasteiger partial charge is 0.356 e. The van der Waals surface area contributed by atoms with Crippen LogP contribution in [0.1, 0.15) is 55.9 Å². The second-order valence-corrected chi connectivity index (χ2v) is 8.86. The number of pyridine rings is 1.